The van der Waals surface area contributed by atoms with Gasteiger partial charge < -0.3 is 10.1 Å². The molecule has 0 amide bonds. The van der Waals surface area contributed by atoms with E-state index in [1.54, 1.807) is 0 Å². The van der Waals surface area contributed by atoms with Crippen LogP contribution in [-0.4, -0.2) is 26.5 Å². The van der Waals surface area contributed by atoms with E-state index in [1.165, 1.54) is 30.3 Å². The van der Waals surface area contributed by atoms with Crippen molar-refractivity contribution in [3.8, 4) is 16.9 Å². The zero-order valence-electron chi connectivity index (χ0n) is 18.1. The molecule has 4 rings (SSSR count). The van der Waals surface area contributed by atoms with Crippen molar-refractivity contribution >= 4 is 22.0 Å². The summed E-state index contributed by atoms with van der Waals surface area (Å²) in [5.41, 5.74) is 0.535. The molecule has 0 atom stereocenters. The van der Waals surface area contributed by atoms with Crippen molar-refractivity contribution in [1.82, 2.24) is 0 Å². The van der Waals surface area contributed by atoms with Gasteiger partial charge in [0.15, 0.2) is 11.6 Å². The van der Waals surface area contributed by atoms with Crippen molar-refractivity contribution in [3.63, 3.8) is 0 Å². The maximum atomic E-state index is 14.8. The van der Waals surface area contributed by atoms with Crippen molar-refractivity contribution in [3.05, 3.63) is 77.6 Å². The van der Waals surface area contributed by atoms with Crippen molar-refractivity contribution in [2.45, 2.75) is 30.9 Å². The monoisotopic (exact) mass is 517 g/mol. The van der Waals surface area contributed by atoms with Gasteiger partial charge in [-0.05, 0) is 66.3 Å². The Morgan fingerprint density at radius 3 is 2.14 bits per heavy atom. The quantitative estimate of drug-likeness (QED) is 0.266. The topological polar surface area (TPSA) is 61.7 Å². The maximum absolute atomic E-state index is 14.8. The van der Waals surface area contributed by atoms with Crippen LogP contribution in [0.15, 0.2) is 54.6 Å². The lowest BCUT2D eigenvalue weighted by molar-refractivity contribution is -0.274. The van der Waals surface area contributed by atoms with Crippen molar-refractivity contribution < 1.29 is 40.2 Å². The van der Waals surface area contributed by atoms with Crippen LogP contribution in [0.4, 0.5) is 37.7 Å². The van der Waals surface area contributed by atoms with Crippen molar-refractivity contribution in [2.24, 2.45) is 0 Å². The fraction of sp³-hybridized carbons (Fsp3) is 0.250. The van der Waals surface area contributed by atoms with E-state index in [-0.39, 0.29) is 34.4 Å². The third kappa shape index (κ3) is 6.22. The molecule has 0 aliphatic heterocycles. The number of benzene rings is 3. The number of anilines is 2. The van der Waals surface area contributed by atoms with Gasteiger partial charge >= 0.3 is 6.36 Å². The molecule has 1 saturated carbocycles. The van der Waals surface area contributed by atoms with E-state index in [0.717, 1.165) is 24.3 Å². The van der Waals surface area contributed by atoms with Crippen molar-refractivity contribution in [1.29, 1.82) is 0 Å². The lowest BCUT2D eigenvalue weighted by atomic mass is 10.0. The summed E-state index contributed by atoms with van der Waals surface area (Å²) in [5, 5.41) is 2.38. The molecule has 3 aromatic rings. The lowest BCUT2D eigenvalue weighted by Gasteiger charge is -2.32. The number of hydrogen-bond acceptors (Lipinski definition) is 4. The minimum absolute atomic E-state index is 0.0209. The van der Waals surface area contributed by atoms with Gasteiger partial charge in [-0.25, -0.2) is 13.2 Å². The molecule has 1 fully saturated rings. The molecule has 0 spiro atoms. The van der Waals surface area contributed by atoms with Gasteiger partial charge in [0, 0.05) is 11.0 Å². The molecule has 0 aromatic heterocycles. The van der Waals surface area contributed by atoms with Crippen LogP contribution in [-0.2, 0) is 6.42 Å². The molecule has 0 unspecified atom stereocenters. The largest absolute Gasteiger partial charge is 0.573 e. The third-order valence-corrected chi connectivity index (χ3v) is 7.91. The Labute approximate surface area is 198 Å². The lowest BCUT2D eigenvalue weighted by Crippen LogP contribution is -2.16. The van der Waals surface area contributed by atoms with Gasteiger partial charge in [0.2, 0.25) is 0 Å². The zero-order chi connectivity index (χ0) is 25.4. The summed E-state index contributed by atoms with van der Waals surface area (Å²) in [6.45, 7) is 0. The van der Waals surface area contributed by atoms with Gasteiger partial charge in [-0.15, -0.1) is 13.2 Å². The zero-order valence-corrected chi connectivity index (χ0v) is 18.9. The standard InChI is InChI=1S/C24H21F6NO3S/c25-19-9-3-15(11-12-35(32,33)18-7-8-18)23(22(19)27)31-21-10-4-16(13-20(21)26)14-1-5-17(6-2-14)34-24(28,29)30/h1-6,9-10,13,18,31-33H,7-8,11-12H2. The van der Waals surface area contributed by atoms with Crippen LogP contribution in [0.25, 0.3) is 11.1 Å². The van der Waals surface area contributed by atoms with Crippen LogP contribution in [0.1, 0.15) is 18.4 Å². The normalized spacial score (nSPS) is 14.6. The maximum Gasteiger partial charge on any atom is 0.573 e. The van der Waals surface area contributed by atoms with Crippen LogP contribution in [0.5, 0.6) is 5.75 Å². The van der Waals surface area contributed by atoms with E-state index in [4.69, 9.17) is 0 Å². The molecule has 3 N–H and O–H groups in total. The average Bonchev–Trinajstić information content (AvgIpc) is 3.63. The van der Waals surface area contributed by atoms with Gasteiger partial charge in [0.25, 0.3) is 0 Å². The number of hydrogen-bond donors (Lipinski definition) is 3. The van der Waals surface area contributed by atoms with E-state index in [0.29, 0.717) is 24.0 Å². The number of rotatable bonds is 8. The molecule has 4 nitrogen and oxygen atoms in total. The second-order valence-electron chi connectivity index (χ2n) is 8.16. The molecular weight excluding hydrogens is 496 g/mol. The van der Waals surface area contributed by atoms with E-state index in [1.807, 2.05) is 0 Å². The number of halogens is 6. The molecule has 0 heterocycles. The van der Waals surface area contributed by atoms with Crippen LogP contribution in [0.3, 0.4) is 0 Å². The van der Waals surface area contributed by atoms with Crippen LogP contribution < -0.4 is 10.1 Å². The van der Waals surface area contributed by atoms with Gasteiger partial charge in [-0.1, -0.05) is 24.3 Å². The molecule has 188 valence electrons. The predicted molar refractivity (Wildman–Crippen MR) is 123 cm³/mol. The Bertz CT molecular complexity index is 1210. The SMILES string of the molecule is OS(O)(CCc1ccc(F)c(F)c1Nc1ccc(-c2ccc(OC(F)(F)F)cc2)cc1F)C1CC1. The Morgan fingerprint density at radius 1 is 0.886 bits per heavy atom. The molecule has 0 bridgehead atoms. The van der Waals surface area contributed by atoms with Crippen molar-refractivity contribution in [2.75, 3.05) is 11.1 Å². The molecule has 11 heteroatoms. The highest BCUT2D eigenvalue weighted by molar-refractivity contribution is 8.25. The Hall–Kier alpha value is -2.89. The van der Waals surface area contributed by atoms with Crippen LogP contribution in [0, 0.1) is 17.5 Å². The fourth-order valence-electron chi connectivity index (χ4n) is 3.59. The highest BCUT2D eigenvalue weighted by Crippen LogP contribution is 2.56. The number of nitrogens with one attached hydrogen (secondary N) is 1. The minimum Gasteiger partial charge on any atom is -0.406 e. The number of ether oxygens (including phenoxy) is 1. The first-order valence-electron chi connectivity index (χ1n) is 10.6. The van der Waals surface area contributed by atoms with Gasteiger partial charge in [0.1, 0.15) is 11.6 Å². The predicted octanol–water partition coefficient (Wildman–Crippen LogP) is 7.87. The summed E-state index contributed by atoms with van der Waals surface area (Å²) in [5.74, 6) is -3.63. The molecule has 3 aromatic carbocycles. The summed E-state index contributed by atoms with van der Waals surface area (Å²) < 4.78 is 105. The van der Waals surface area contributed by atoms with E-state index >= 15 is 0 Å². The highest BCUT2D eigenvalue weighted by Gasteiger charge is 2.35. The third-order valence-electron chi connectivity index (χ3n) is 5.56. The molecule has 0 saturated heterocycles. The number of alkyl halides is 3. The summed E-state index contributed by atoms with van der Waals surface area (Å²) in [6, 6.07) is 10.9. The minimum atomic E-state index is -4.83. The average molecular weight is 517 g/mol. The summed E-state index contributed by atoms with van der Waals surface area (Å²) >= 11 is 0. The van der Waals surface area contributed by atoms with Gasteiger partial charge in [0.05, 0.1) is 11.4 Å². The first-order valence-corrected chi connectivity index (χ1v) is 12.4. The first kappa shape index (κ1) is 25.2. The van der Waals surface area contributed by atoms with E-state index in [2.05, 4.69) is 10.1 Å². The Morgan fingerprint density at radius 2 is 1.54 bits per heavy atom. The first-order chi connectivity index (χ1) is 16.4. The van der Waals surface area contributed by atoms with Crippen LogP contribution in [0.2, 0.25) is 0 Å². The van der Waals surface area contributed by atoms with E-state index < -0.39 is 40.2 Å². The fourth-order valence-corrected chi connectivity index (χ4v) is 5.33. The molecule has 1 aliphatic carbocycles. The smallest absolute Gasteiger partial charge is 0.406 e. The van der Waals surface area contributed by atoms with E-state index in [9.17, 15) is 35.4 Å². The van der Waals surface area contributed by atoms with Gasteiger partial charge in [-0.3, -0.25) is 9.11 Å². The summed E-state index contributed by atoms with van der Waals surface area (Å²) in [4.78, 5) is 0. The van der Waals surface area contributed by atoms with Crippen LogP contribution >= 0.6 is 10.6 Å². The number of aryl methyl sites for hydroxylation is 1. The Kier molecular flexibility index (Phi) is 6.94. The second-order valence-corrected chi connectivity index (χ2v) is 10.7. The second kappa shape index (κ2) is 9.63. The summed E-state index contributed by atoms with van der Waals surface area (Å²) in [7, 11) is -2.84. The van der Waals surface area contributed by atoms with Gasteiger partial charge in [-0.2, -0.15) is 10.6 Å². The summed E-state index contributed by atoms with van der Waals surface area (Å²) in [6.07, 6.45) is -3.37. The Balaban J connectivity index is 1.54. The molecule has 1 aliphatic rings. The molecule has 0 radical (unpaired) electrons. The molecule has 35 heavy (non-hydrogen) atoms. The highest BCUT2D eigenvalue weighted by atomic mass is 32.3. The molecular formula is C24H21F6NO3S.